The first kappa shape index (κ1) is 25.5. The summed E-state index contributed by atoms with van der Waals surface area (Å²) in [6.45, 7) is 1.98. The van der Waals surface area contributed by atoms with Crippen LogP contribution in [0.25, 0.3) is 16.4 Å². The molecule has 0 radical (unpaired) electrons. The predicted molar refractivity (Wildman–Crippen MR) is 159 cm³/mol. The number of rotatable bonds is 7. The van der Waals surface area contributed by atoms with Gasteiger partial charge in [0.25, 0.3) is 0 Å². The first-order valence-electron chi connectivity index (χ1n) is 13.5. The fraction of sp³-hybridized carbons (Fsp3) is 0.152. The molecule has 208 valence electrons. The highest BCUT2D eigenvalue weighted by molar-refractivity contribution is 5.98. The van der Waals surface area contributed by atoms with Crippen LogP contribution in [-0.4, -0.2) is 39.5 Å². The summed E-state index contributed by atoms with van der Waals surface area (Å²) in [6.07, 6.45) is 1.62. The minimum absolute atomic E-state index is 0.0965. The van der Waals surface area contributed by atoms with Crippen LogP contribution in [0.1, 0.15) is 40.9 Å². The Balaban J connectivity index is 1.27. The average molecular weight is 558 g/mol. The van der Waals surface area contributed by atoms with Crippen molar-refractivity contribution in [2.45, 2.75) is 19.4 Å². The van der Waals surface area contributed by atoms with Gasteiger partial charge >= 0.3 is 0 Å². The molecule has 7 rings (SSSR count). The highest BCUT2D eigenvalue weighted by atomic mass is 16.6. The zero-order valence-corrected chi connectivity index (χ0v) is 23.3. The van der Waals surface area contributed by atoms with Crippen molar-refractivity contribution < 1.29 is 19.0 Å². The van der Waals surface area contributed by atoms with E-state index in [1.165, 1.54) is 0 Å². The summed E-state index contributed by atoms with van der Waals surface area (Å²) in [5.74, 6) is 3.16. The van der Waals surface area contributed by atoms with Crippen LogP contribution >= 0.6 is 0 Å². The van der Waals surface area contributed by atoms with E-state index in [9.17, 15) is 0 Å². The number of fused-ring (bicyclic) bond motifs is 6. The summed E-state index contributed by atoms with van der Waals surface area (Å²) >= 11 is 0. The second-order valence-corrected chi connectivity index (χ2v) is 9.95. The van der Waals surface area contributed by atoms with Crippen LogP contribution in [0.3, 0.4) is 0 Å². The van der Waals surface area contributed by atoms with Gasteiger partial charge < -0.3 is 19.0 Å². The van der Waals surface area contributed by atoms with Crippen molar-refractivity contribution in [1.82, 2.24) is 19.6 Å². The monoisotopic (exact) mass is 557 g/mol. The molecule has 0 amide bonds. The van der Waals surface area contributed by atoms with E-state index in [0.29, 0.717) is 17.4 Å². The second-order valence-electron chi connectivity index (χ2n) is 9.95. The summed E-state index contributed by atoms with van der Waals surface area (Å²) < 4.78 is 18.8. The number of methoxy groups -OCH3 is 2. The first-order chi connectivity index (χ1) is 20.6. The molecule has 0 aliphatic carbocycles. The fourth-order valence-corrected chi connectivity index (χ4v) is 5.37. The Labute approximate surface area is 242 Å². The predicted octanol–water partition coefficient (Wildman–Crippen LogP) is 6.52. The molecule has 1 atom stereocenters. The molecule has 0 spiro atoms. The van der Waals surface area contributed by atoms with Gasteiger partial charge in [0.1, 0.15) is 23.6 Å². The zero-order valence-electron chi connectivity index (χ0n) is 23.3. The molecule has 0 fully saturated rings. The molecule has 0 saturated carbocycles. The maximum Gasteiger partial charge on any atom is 0.228 e. The summed E-state index contributed by atoms with van der Waals surface area (Å²) in [6, 6.07) is 28.1. The number of nitrogens with zero attached hydrogens (tertiary/aromatic N) is 5. The van der Waals surface area contributed by atoms with Crippen LogP contribution < -0.4 is 14.2 Å². The third kappa shape index (κ3) is 4.45. The van der Waals surface area contributed by atoms with Crippen LogP contribution in [0, 0.1) is 0 Å². The SMILES string of the molecule is COc1ccc(/C(C)=N/OCc2nc3c4c(ncn3n2)Oc2c(ccc3ccccc23)[C@H]4c2ccc(OC)cc2)cc1. The van der Waals surface area contributed by atoms with Gasteiger partial charge in [-0.15, -0.1) is 5.10 Å². The Morgan fingerprint density at radius 1 is 0.905 bits per heavy atom. The molecule has 9 heteroatoms. The molecule has 0 unspecified atom stereocenters. The Morgan fingerprint density at radius 2 is 1.64 bits per heavy atom. The van der Waals surface area contributed by atoms with Crippen LogP contribution in [0.2, 0.25) is 0 Å². The summed E-state index contributed by atoms with van der Waals surface area (Å²) in [4.78, 5) is 15.2. The smallest absolute Gasteiger partial charge is 0.228 e. The number of ether oxygens (including phenoxy) is 3. The molecular weight excluding hydrogens is 530 g/mol. The van der Waals surface area contributed by atoms with Crippen LogP contribution in [-0.2, 0) is 11.4 Å². The van der Waals surface area contributed by atoms with Gasteiger partial charge in [-0.1, -0.05) is 53.7 Å². The molecule has 1 aliphatic heterocycles. The van der Waals surface area contributed by atoms with E-state index in [-0.39, 0.29) is 12.5 Å². The molecule has 0 bridgehead atoms. The fourth-order valence-electron chi connectivity index (χ4n) is 5.37. The van der Waals surface area contributed by atoms with Crippen molar-refractivity contribution >= 4 is 22.1 Å². The van der Waals surface area contributed by atoms with E-state index < -0.39 is 0 Å². The van der Waals surface area contributed by atoms with Gasteiger partial charge in [-0.05, 0) is 59.8 Å². The van der Waals surface area contributed by atoms with Gasteiger partial charge in [0.05, 0.1) is 25.5 Å². The first-order valence-corrected chi connectivity index (χ1v) is 13.5. The lowest BCUT2D eigenvalue weighted by molar-refractivity contribution is 0.125. The molecule has 0 saturated heterocycles. The Kier molecular flexibility index (Phi) is 6.39. The van der Waals surface area contributed by atoms with Gasteiger partial charge in [0.15, 0.2) is 18.1 Å². The third-order valence-electron chi connectivity index (χ3n) is 7.49. The molecule has 6 aromatic rings. The molecule has 0 N–H and O–H groups in total. The van der Waals surface area contributed by atoms with Crippen molar-refractivity contribution in [2.24, 2.45) is 5.16 Å². The topological polar surface area (TPSA) is 92.4 Å². The molecule has 2 aromatic heterocycles. The maximum absolute atomic E-state index is 6.50. The number of oxime groups is 1. The molecule has 1 aliphatic rings. The standard InChI is InChI=1S/C33H27N5O4/c1-20(21-8-13-24(39-2)14-9-21)37-41-18-28-35-32-30-29(23-10-15-25(40-3)16-11-23)27-17-12-22-6-4-5-7-26(22)31(27)42-33(30)34-19-38(32)36-28/h4-17,19,29H,18H2,1-3H3/b37-20+/t29-/m1/s1. The molecular formula is C33H27N5O4. The molecule has 4 aromatic carbocycles. The highest BCUT2D eigenvalue weighted by Crippen LogP contribution is 2.50. The van der Waals surface area contributed by atoms with Crippen LogP contribution in [0.15, 0.2) is 96.4 Å². The van der Waals surface area contributed by atoms with Gasteiger partial charge in [0, 0.05) is 16.9 Å². The Hall–Kier alpha value is -5.44. The van der Waals surface area contributed by atoms with Crippen molar-refractivity contribution in [3.8, 4) is 23.1 Å². The minimum atomic E-state index is -0.191. The van der Waals surface area contributed by atoms with E-state index in [1.807, 2.05) is 55.5 Å². The lowest BCUT2D eigenvalue weighted by atomic mass is 9.83. The van der Waals surface area contributed by atoms with Gasteiger partial charge in [-0.3, -0.25) is 0 Å². The van der Waals surface area contributed by atoms with Gasteiger partial charge in [-0.2, -0.15) is 0 Å². The van der Waals surface area contributed by atoms with E-state index in [0.717, 1.165) is 56.0 Å². The van der Waals surface area contributed by atoms with E-state index >= 15 is 0 Å². The quantitative estimate of drug-likeness (QED) is 0.163. The zero-order chi connectivity index (χ0) is 28.6. The number of hydrogen-bond donors (Lipinski definition) is 0. The third-order valence-corrected chi connectivity index (χ3v) is 7.49. The molecule has 9 nitrogen and oxygen atoms in total. The average Bonchev–Trinajstić information content (AvgIpc) is 3.47. The van der Waals surface area contributed by atoms with E-state index in [1.54, 1.807) is 25.1 Å². The lowest BCUT2D eigenvalue weighted by Gasteiger charge is -2.28. The molecule has 42 heavy (non-hydrogen) atoms. The highest BCUT2D eigenvalue weighted by Gasteiger charge is 2.34. The van der Waals surface area contributed by atoms with Crippen molar-refractivity contribution in [3.05, 3.63) is 119 Å². The van der Waals surface area contributed by atoms with Crippen molar-refractivity contribution in [3.63, 3.8) is 0 Å². The van der Waals surface area contributed by atoms with E-state index in [4.69, 9.17) is 24.0 Å². The largest absolute Gasteiger partial charge is 0.497 e. The summed E-state index contributed by atoms with van der Waals surface area (Å²) in [5, 5.41) is 11.0. The number of hydrogen-bond acceptors (Lipinski definition) is 8. The van der Waals surface area contributed by atoms with Gasteiger partial charge in [-0.25, -0.2) is 14.5 Å². The Bertz CT molecular complexity index is 1950. The maximum atomic E-state index is 6.50. The van der Waals surface area contributed by atoms with Crippen LogP contribution in [0.4, 0.5) is 0 Å². The van der Waals surface area contributed by atoms with Crippen molar-refractivity contribution in [2.75, 3.05) is 14.2 Å². The summed E-state index contributed by atoms with van der Waals surface area (Å²) in [7, 11) is 3.30. The summed E-state index contributed by atoms with van der Waals surface area (Å²) in [5.41, 5.74) is 5.24. The van der Waals surface area contributed by atoms with Crippen LogP contribution in [0.5, 0.6) is 23.1 Å². The lowest BCUT2D eigenvalue weighted by Crippen LogP contribution is -2.15. The number of aromatic nitrogens is 4. The second kappa shape index (κ2) is 10.5. The molecule has 3 heterocycles. The number of benzene rings is 4. The normalized spacial score (nSPS) is 14.3. The van der Waals surface area contributed by atoms with E-state index in [2.05, 4.69) is 51.6 Å². The Morgan fingerprint density at radius 3 is 2.40 bits per heavy atom. The van der Waals surface area contributed by atoms with Gasteiger partial charge in [0.2, 0.25) is 5.88 Å². The minimum Gasteiger partial charge on any atom is -0.497 e. The van der Waals surface area contributed by atoms with Crippen molar-refractivity contribution in [1.29, 1.82) is 0 Å².